The molecular formula is C49H30N2. The standard InChI is InChI=1S/C49H30N2/c1-27-14-15-29-17-23-42(51-43(29)24-27)47-39-26-31-10-3-2-9-30(31)25-38(39)46(41-22-16-28-8-4-7-13-40(28)50-41)48-36-20-18-34-32-11-5-6-12-33(32)35-19-21-37(49(47)48)45(36)44(34)35/h2-23,25-27H,24H2,1H3. The van der Waals surface area contributed by atoms with Gasteiger partial charge in [0.1, 0.15) is 0 Å². The van der Waals surface area contributed by atoms with Crippen molar-refractivity contribution in [2.45, 2.75) is 13.3 Å². The van der Waals surface area contributed by atoms with E-state index in [1.165, 1.54) is 99.2 Å². The van der Waals surface area contributed by atoms with Gasteiger partial charge in [-0.05, 0) is 114 Å². The summed E-state index contributed by atoms with van der Waals surface area (Å²) >= 11 is 0. The molecule has 236 valence electrons. The molecule has 9 aromatic rings. The van der Waals surface area contributed by atoms with Crippen LogP contribution in [-0.2, 0) is 6.42 Å². The number of aromatic nitrogens is 2. The fraction of sp³-hybridized carbons (Fsp3) is 0.0612. The average Bonchev–Trinajstić information content (AvgIpc) is 3.68. The molecule has 0 aliphatic heterocycles. The molecule has 1 unspecified atom stereocenters. The molecule has 0 amide bonds. The van der Waals surface area contributed by atoms with Crippen LogP contribution in [-0.4, -0.2) is 9.97 Å². The molecule has 51 heavy (non-hydrogen) atoms. The predicted molar refractivity (Wildman–Crippen MR) is 214 cm³/mol. The summed E-state index contributed by atoms with van der Waals surface area (Å²) < 4.78 is 0. The van der Waals surface area contributed by atoms with E-state index in [2.05, 4.69) is 153 Å². The minimum Gasteiger partial charge on any atom is -0.252 e. The van der Waals surface area contributed by atoms with E-state index >= 15 is 0 Å². The lowest BCUT2D eigenvalue weighted by Gasteiger charge is -2.22. The molecule has 0 saturated carbocycles. The normalized spacial score (nSPS) is 14.8. The summed E-state index contributed by atoms with van der Waals surface area (Å²) in [6, 6.07) is 49.4. The van der Waals surface area contributed by atoms with Crippen LogP contribution in [0.4, 0.5) is 0 Å². The van der Waals surface area contributed by atoms with Crippen LogP contribution in [0, 0.1) is 5.92 Å². The van der Waals surface area contributed by atoms with Crippen LogP contribution < -0.4 is 0 Å². The average molecular weight is 647 g/mol. The summed E-state index contributed by atoms with van der Waals surface area (Å²) in [4.78, 5) is 10.9. The third kappa shape index (κ3) is 3.66. The van der Waals surface area contributed by atoms with Crippen LogP contribution in [0.5, 0.6) is 0 Å². The molecule has 0 radical (unpaired) electrons. The third-order valence-corrected chi connectivity index (χ3v) is 11.6. The van der Waals surface area contributed by atoms with E-state index in [1.807, 2.05) is 0 Å². The Kier molecular flexibility index (Phi) is 5.31. The minimum atomic E-state index is 0.464. The summed E-state index contributed by atoms with van der Waals surface area (Å²) in [5.74, 6) is 0.464. The van der Waals surface area contributed by atoms with E-state index in [9.17, 15) is 0 Å². The van der Waals surface area contributed by atoms with E-state index in [0.29, 0.717) is 5.92 Å². The molecule has 12 rings (SSSR count). The van der Waals surface area contributed by atoms with Gasteiger partial charge in [-0.15, -0.1) is 0 Å². The van der Waals surface area contributed by atoms with Crippen LogP contribution in [0.2, 0.25) is 0 Å². The molecule has 0 fully saturated rings. The predicted octanol–water partition coefficient (Wildman–Crippen LogP) is 12.9. The maximum Gasteiger partial charge on any atom is 0.0722 e. The van der Waals surface area contributed by atoms with Crippen molar-refractivity contribution in [1.82, 2.24) is 9.97 Å². The van der Waals surface area contributed by atoms with Crippen LogP contribution in [0.25, 0.3) is 116 Å². The highest BCUT2D eigenvalue weighted by atomic mass is 14.7. The Balaban J connectivity index is 1.29. The maximum absolute atomic E-state index is 5.52. The number of allylic oxidation sites excluding steroid dienone is 1. The van der Waals surface area contributed by atoms with E-state index < -0.39 is 0 Å². The Morgan fingerprint density at radius 1 is 0.471 bits per heavy atom. The van der Waals surface area contributed by atoms with E-state index in [-0.39, 0.29) is 0 Å². The van der Waals surface area contributed by atoms with E-state index in [1.54, 1.807) is 0 Å². The first-order chi connectivity index (χ1) is 25.2. The summed E-state index contributed by atoms with van der Waals surface area (Å²) in [6.07, 6.45) is 5.50. The zero-order valence-electron chi connectivity index (χ0n) is 28.0. The quantitative estimate of drug-likeness (QED) is 0.175. The molecule has 2 heterocycles. The molecule has 2 nitrogen and oxygen atoms in total. The summed E-state index contributed by atoms with van der Waals surface area (Å²) in [5.41, 5.74) is 18.2. The second kappa shape index (κ2) is 9.87. The maximum atomic E-state index is 5.52. The van der Waals surface area contributed by atoms with Gasteiger partial charge in [-0.25, -0.2) is 4.98 Å². The lowest BCUT2D eigenvalue weighted by molar-refractivity contribution is 0.700. The molecule has 3 aliphatic carbocycles. The number of nitrogens with zero attached hydrogens (tertiary/aromatic N) is 2. The first-order valence-electron chi connectivity index (χ1n) is 18.0. The van der Waals surface area contributed by atoms with Gasteiger partial charge in [0.25, 0.3) is 0 Å². The number of rotatable bonds is 2. The Morgan fingerprint density at radius 3 is 1.71 bits per heavy atom. The van der Waals surface area contributed by atoms with Crippen molar-refractivity contribution in [2.24, 2.45) is 5.92 Å². The SMILES string of the molecule is CC1C=Cc2ccc(-c3c4c(c(-c5ccc6ccccc6n5)c5cc6ccccc6cc35)-c3ccc5c6c(ccc-4c36)-c3ccccc3-5)nc2C1. The van der Waals surface area contributed by atoms with Crippen LogP contribution in [0.1, 0.15) is 18.2 Å². The Labute approximate surface area is 295 Å². The highest BCUT2D eigenvalue weighted by molar-refractivity contribution is 6.32. The second-order valence-electron chi connectivity index (χ2n) is 14.5. The fourth-order valence-corrected chi connectivity index (χ4v) is 9.37. The number of hydrogen-bond donors (Lipinski definition) is 0. The van der Waals surface area contributed by atoms with Gasteiger partial charge in [-0.2, -0.15) is 0 Å². The van der Waals surface area contributed by atoms with Crippen molar-refractivity contribution in [3.05, 3.63) is 151 Å². The largest absolute Gasteiger partial charge is 0.252 e. The summed E-state index contributed by atoms with van der Waals surface area (Å²) in [7, 11) is 0. The minimum absolute atomic E-state index is 0.464. The molecule has 2 heteroatoms. The first kappa shape index (κ1) is 27.4. The molecule has 1 atom stereocenters. The lowest BCUT2D eigenvalue weighted by atomic mass is 9.83. The molecule has 7 aromatic carbocycles. The summed E-state index contributed by atoms with van der Waals surface area (Å²) in [5, 5.41) is 8.72. The van der Waals surface area contributed by atoms with Gasteiger partial charge in [-0.3, -0.25) is 4.98 Å². The van der Waals surface area contributed by atoms with E-state index in [4.69, 9.17) is 9.97 Å². The van der Waals surface area contributed by atoms with Crippen LogP contribution in [0.3, 0.4) is 0 Å². The smallest absolute Gasteiger partial charge is 0.0722 e. The zero-order chi connectivity index (χ0) is 33.4. The van der Waals surface area contributed by atoms with Gasteiger partial charge in [0.2, 0.25) is 0 Å². The number of para-hydroxylation sites is 1. The molecular weight excluding hydrogens is 617 g/mol. The lowest BCUT2D eigenvalue weighted by Crippen LogP contribution is -2.06. The molecule has 0 spiro atoms. The zero-order valence-corrected chi connectivity index (χ0v) is 28.0. The van der Waals surface area contributed by atoms with Gasteiger partial charge < -0.3 is 0 Å². The molecule has 0 saturated heterocycles. The van der Waals surface area contributed by atoms with Crippen molar-refractivity contribution in [2.75, 3.05) is 0 Å². The third-order valence-electron chi connectivity index (χ3n) is 11.6. The van der Waals surface area contributed by atoms with Gasteiger partial charge in [0.15, 0.2) is 0 Å². The highest BCUT2D eigenvalue weighted by Gasteiger charge is 2.35. The second-order valence-corrected chi connectivity index (χ2v) is 14.5. The Hall–Kier alpha value is -6.38. The topological polar surface area (TPSA) is 25.8 Å². The Bertz CT molecular complexity index is 3040. The van der Waals surface area contributed by atoms with E-state index in [0.717, 1.165) is 28.7 Å². The number of fused-ring (bicyclic) bond motifs is 10. The molecule has 2 aromatic heterocycles. The molecule has 0 bridgehead atoms. The first-order valence-corrected chi connectivity index (χ1v) is 18.0. The van der Waals surface area contributed by atoms with Crippen molar-refractivity contribution in [1.29, 1.82) is 0 Å². The van der Waals surface area contributed by atoms with Crippen molar-refractivity contribution in [3.8, 4) is 67.0 Å². The Morgan fingerprint density at radius 2 is 1.02 bits per heavy atom. The van der Waals surface area contributed by atoms with Crippen molar-refractivity contribution in [3.63, 3.8) is 0 Å². The number of benzene rings is 7. The number of pyridine rings is 2. The fourth-order valence-electron chi connectivity index (χ4n) is 9.37. The van der Waals surface area contributed by atoms with Crippen molar-refractivity contribution >= 4 is 49.3 Å². The summed E-state index contributed by atoms with van der Waals surface area (Å²) in [6.45, 7) is 2.28. The molecule has 0 N–H and O–H groups in total. The van der Waals surface area contributed by atoms with Crippen LogP contribution >= 0.6 is 0 Å². The van der Waals surface area contributed by atoms with Gasteiger partial charge in [-0.1, -0.05) is 122 Å². The molecule has 3 aliphatic rings. The van der Waals surface area contributed by atoms with Gasteiger partial charge >= 0.3 is 0 Å². The monoisotopic (exact) mass is 646 g/mol. The number of hydrogen-bond acceptors (Lipinski definition) is 2. The highest BCUT2D eigenvalue weighted by Crippen LogP contribution is 2.61. The van der Waals surface area contributed by atoms with Crippen LogP contribution in [0.15, 0.2) is 140 Å². The van der Waals surface area contributed by atoms with Gasteiger partial charge in [0.05, 0.1) is 16.9 Å². The van der Waals surface area contributed by atoms with Crippen molar-refractivity contribution < 1.29 is 0 Å². The van der Waals surface area contributed by atoms with Gasteiger partial charge in [0, 0.05) is 33.3 Å².